The van der Waals surface area contributed by atoms with E-state index < -0.39 is 0 Å². The number of methoxy groups -OCH3 is 1. The molecule has 128 valence electrons. The zero-order valence-electron chi connectivity index (χ0n) is 14.2. The number of rotatable bonds is 3. The predicted octanol–water partition coefficient (Wildman–Crippen LogP) is 3.71. The van der Waals surface area contributed by atoms with E-state index in [2.05, 4.69) is 9.89 Å². The highest BCUT2D eigenvalue weighted by Gasteiger charge is 2.23. The standard InChI is InChI=1S/C20H20N2O3/c1-25-20-10-13(4-7-18(20)23)17-12-19(24)15-11-14(5-6-16(15)21-17)22-8-2-3-9-22/h4-7,10-11,23H,2-3,8-9,12H2,1H3. The molecule has 0 aliphatic carbocycles. The summed E-state index contributed by atoms with van der Waals surface area (Å²) in [5, 5.41) is 9.74. The van der Waals surface area contributed by atoms with E-state index in [9.17, 15) is 9.90 Å². The maximum Gasteiger partial charge on any atom is 0.171 e. The minimum absolute atomic E-state index is 0.0737. The van der Waals surface area contributed by atoms with Crippen molar-refractivity contribution in [1.82, 2.24) is 0 Å². The van der Waals surface area contributed by atoms with Crippen LogP contribution in [0.2, 0.25) is 0 Å². The first kappa shape index (κ1) is 15.7. The molecule has 5 heteroatoms. The van der Waals surface area contributed by atoms with Crippen molar-refractivity contribution in [3.8, 4) is 11.5 Å². The van der Waals surface area contributed by atoms with E-state index in [1.807, 2.05) is 18.2 Å². The maximum atomic E-state index is 12.7. The lowest BCUT2D eigenvalue weighted by molar-refractivity contribution is 0.1000. The highest BCUT2D eigenvalue weighted by molar-refractivity contribution is 6.21. The fourth-order valence-electron chi connectivity index (χ4n) is 3.47. The molecule has 5 nitrogen and oxygen atoms in total. The van der Waals surface area contributed by atoms with E-state index in [4.69, 9.17) is 4.74 Å². The van der Waals surface area contributed by atoms with Crippen molar-refractivity contribution in [3.05, 3.63) is 47.5 Å². The van der Waals surface area contributed by atoms with Crippen molar-refractivity contribution in [2.45, 2.75) is 19.3 Å². The van der Waals surface area contributed by atoms with Gasteiger partial charge in [0.2, 0.25) is 0 Å². The van der Waals surface area contributed by atoms with Crippen molar-refractivity contribution in [3.63, 3.8) is 0 Å². The van der Waals surface area contributed by atoms with E-state index in [1.165, 1.54) is 20.0 Å². The number of ether oxygens (including phenoxy) is 1. The fraction of sp³-hybridized carbons (Fsp3) is 0.300. The number of nitrogens with zero attached hydrogens (tertiary/aromatic N) is 2. The fourth-order valence-corrected chi connectivity index (χ4v) is 3.47. The van der Waals surface area contributed by atoms with Crippen LogP contribution in [-0.4, -0.2) is 36.8 Å². The van der Waals surface area contributed by atoms with Crippen molar-refractivity contribution in [2.24, 2.45) is 4.99 Å². The molecule has 1 fully saturated rings. The molecule has 0 unspecified atom stereocenters. The van der Waals surface area contributed by atoms with E-state index in [1.54, 1.807) is 18.2 Å². The molecule has 25 heavy (non-hydrogen) atoms. The minimum Gasteiger partial charge on any atom is -0.504 e. The highest BCUT2D eigenvalue weighted by atomic mass is 16.5. The van der Waals surface area contributed by atoms with Gasteiger partial charge in [0.05, 0.1) is 24.9 Å². The zero-order chi connectivity index (χ0) is 17.4. The van der Waals surface area contributed by atoms with Crippen molar-refractivity contribution < 1.29 is 14.6 Å². The number of hydrogen-bond acceptors (Lipinski definition) is 5. The van der Waals surface area contributed by atoms with Crippen LogP contribution in [0.4, 0.5) is 11.4 Å². The Bertz CT molecular complexity index is 867. The van der Waals surface area contributed by atoms with Crippen LogP contribution >= 0.6 is 0 Å². The van der Waals surface area contributed by atoms with Crippen molar-refractivity contribution >= 4 is 22.9 Å². The van der Waals surface area contributed by atoms with Crippen molar-refractivity contribution in [1.29, 1.82) is 0 Å². The molecule has 0 bridgehead atoms. The Morgan fingerprint density at radius 3 is 2.68 bits per heavy atom. The number of carbonyl (C=O) groups is 1. The third kappa shape index (κ3) is 2.86. The van der Waals surface area contributed by atoms with Crippen LogP contribution in [0.5, 0.6) is 11.5 Å². The van der Waals surface area contributed by atoms with Crippen LogP contribution in [-0.2, 0) is 0 Å². The van der Waals surface area contributed by atoms with E-state index in [0.717, 1.165) is 24.3 Å². The van der Waals surface area contributed by atoms with Crippen LogP contribution in [0.3, 0.4) is 0 Å². The largest absolute Gasteiger partial charge is 0.504 e. The van der Waals surface area contributed by atoms with Crippen LogP contribution in [0.25, 0.3) is 0 Å². The van der Waals surface area contributed by atoms with Gasteiger partial charge in [0.25, 0.3) is 0 Å². The molecule has 4 rings (SSSR count). The summed E-state index contributed by atoms with van der Waals surface area (Å²) >= 11 is 0. The van der Waals surface area contributed by atoms with Gasteiger partial charge >= 0.3 is 0 Å². The normalized spacial score (nSPS) is 16.6. The number of aromatic hydroxyl groups is 1. The lowest BCUT2D eigenvalue weighted by Gasteiger charge is -2.21. The van der Waals surface area contributed by atoms with Gasteiger partial charge in [-0.2, -0.15) is 0 Å². The summed E-state index contributed by atoms with van der Waals surface area (Å²) in [5.41, 5.74) is 4.00. The van der Waals surface area contributed by atoms with Gasteiger partial charge in [0, 0.05) is 29.9 Å². The molecule has 2 aliphatic heterocycles. The average Bonchev–Trinajstić information content (AvgIpc) is 3.16. The van der Waals surface area contributed by atoms with Gasteiger partial charge < -0.3 is 14.7 Å². The summed E-state index contributed by atoms with van der Waals surface area (Å²) in [5.74, 6) is 0.528. The van der Waals surface area contributed by atoms with Gasteiger partial charge in [-0.1, -0.05) is 0 Å². The van der Waals surface area contributed by atoms with Crippen LogP contribution in [0, 0.1) is 0 Å². The Hall–Kier alpha value is -2.82. The molecule has 0 amide bonds. The summed E-state index contributed by atoms with van der Waals surface area (Å²) in [4.78, 5) is 19.7. The van der Waals surface area contributed by atoms with Gasteiger partial charge in [0.15, 0.2) is 17.3 Å². The van der Waals surface area contributed by atoms with Gasteiger partial charge in [-0.25, -0.2) is 0 Å². The number of phenolic OH excluding ortho intramolecular Hbond substituents is 1. The molecule has 2 heterocycles. The van der Waals surface area contributed by atoms with E-state index >= 15 is 0 Å². The summed E-state index contributed by atoms with van der Waals surface area (Å²) in [6, 6.07) is 11.0. The first-order valence-electron chi connectivity index (χ1n) is 8.53. The van der Waals surface area contributed by atoms with Crippen LogP contribution < -0.4 is 9.64 Å². The third-order valence-electron chi connectivity index (χ3n) is 4.85. The monoisotopic (exact) mass is 336 g/mol. The molecule has 2 aliphatic rings. The quantitative estimate of drug-likeness (QED) is 0.928. The number of Topliss-reactive ketones (excluding diaryl/α,β-unsaturated/α-hetero) is 1. The number of carbonyl (C=O) groups excluding carboxylic acids is 1. The topological polar surface area (TPSA) is 62.1 Å². The summed E-state index contributed by atoms with van der Waals surface area (Å²) in [6.45, 7) is 2.10. The molecule has 0 spiro atoms. The number of anilines is 1. The van der Waals surface area contributed by atoms with Crippen LogP contribution in [0.15, 0.2) is 41.4 Å². The van der Waals surface area contributed by atoms with Gasteiger partial charge in [-0.05, 0) is 49.2 Å². The predicted molar refractivity (Wildman–Crippen MR) is 97.7 cm³/mol. The lowest BCUT2D eigenvalue weighted by Crippen LogP contribution is -2.19. The third-order valence-corrected chi connectivity index (χ3v) is 4.85. The first-order chi connectivity index (χ1) is 12.2. The van der Waals surface area contributed by atoms with Gasteiger partial charge in [-0.15, -0.1) is 0 Å². The number of ketones is 1. The molecule has 1 N–H and O–H groups in total. The molecular weight excluding hydrogens is 316 g/mol. The first-order valence-corrected chi connectivity index (χ1v) is 8.53. The van der Waals surface area contributed by atoms with Gasteiger partial charge in [-0.3, -0.25) is 9.79 Å². The van der Waals surface area contributed by atoms with Crippen molar-refractivity contribution in [2.75, 3.05) is 25.1 Å². The Labute approximate surface area is 146 Å². The number of phenols is 1. The van der Waals surface area contributed by atoms with E-state index in [0.29, 0.717) is 22.7 Å². The summed E-state index contributed by atoms with van der Waals surface area (Å²) in [6.07, 6.45) is 2.66. The maximum absolute atomic E-state index is 12.7. The second kappa shape index (κ2) is 6.24. The highest BCUT2D eigenvalue weighted by Crippen LogP contribution is 2.34. The molecular formula is C20H20N2O3. The Balaban J connectivity index is 1.71. The molecule has 0 saturated carbocycles. The Morgan fingerprint density at radius 1 is 1.12 bits per heavy atom. The smallest absolute Gasteiger partial charge is 0.171 e. The molecule has 0 aromatic heterocycles. The lowest BCUT2D eigenvalue weighted by atomic mass is 9.95. The number of aliphatic imine (C=N–C) groups is 1. The second-order valence-electron chi connectivity index (χ2n) is 6.44. The Kier molecular flexibility index (Phi) is 3.92. The average molecular weight is 336 g/mol. The molecule has 1 saturated heterocycles. The number of benzene rings is 2. The van der Waals surface area contributed by atoms with E-state index in [-0.39, 0.29) is 18.0 Å². The zero-order valence-corrected chi connectivity index (χ0v) is 14.2. The Morgan fingerprint density at radius 2 is 1.92 bits per heavy atom. The van der Waals surface area contributed by atoms with Gasteiger partial charge in [0.1, 0.15) is 0 Å². The summed E-state index contributed by atoms with van der Waals surface area (Å²) in [7, 11) is 1.50. The minimum atomic E-state index is 0.0737. The molecule has 0 radical (unpaired) electrons. The second-order valence-corrected chi connectivity index (χ2v) is 6.44. The summed E-state index contributed by atoms with van der Waals surface area (Å²) < 4.78 is 5.15. The molecule has 0 atom stereocenters. The number of fused-ring (bicyclic) bond motifs is 1. The molecule has 2 aromatic carbocycles. The SMILES string of the molecule is COc1cc(C2=Nc3ccc(N4CCCC4)cc3C(=O)C2)ccc1O. The molecule has 2 aromatic rings. The van der Waals surface area contributed by atoms with Crippen LogP contribution in [0.1, 0.15) is 35.2 Å². The number of hydrogen-bond donors (Lipinski definition) is 1.